The largest absolute Gasteiger partial charge is 0.495 e. The molecule has 21 heavy (non-hydrogen) atoms. The lowest BCUT2D eigenvalue weighted by atomic mass is 10.2. The Balaban J connectivity index is 2.13. The number of ether oxygens (including phenoxy) is 1. The van der Waals surface area contributed by atoms with Crippen LogP contribution in [0.5, 0.6) is 5.75 Å². The fourth-order valence-electron chi connectivity index (χ4n) is 1.96. The molecule has 0 saturated heterocycles. The van der Waals surface area contributed by atoms with Crippen molar-refractivity contribution in [3.63, 3.8) is 0 Å². The fraction of sp³-hybridized carbons (Fsp3) is 0.267. The first-order valence-corrected chi connectivity index (χ1v) is 8.22. The molecular weight excluding hydrogens is 350 g/mol. The maximum absolute atomic E-state index is 5.31. The topological polar surface area (TPSA) is 47.9 Å². The molecule has 0 radical (unpaired) electrons. The van der Waals surface area contributed by atoms with Gasteiger partial charge in [0, 0.05) is 17.0 Å². The van der Waals surface area contributed by atoms with Crippen molar-refractivity contribution in [3.8, 4) is 16.6 Å². The maximum atomic E-state index is 5.31. The predicted molar refractivity (Wildman–Crippen MR) is 89.0 cm³/mol. The van der Waals surface area contributed by atoms with Crippen molar-refractivity contribution in [2.75, 3.05) is 7.11 Å². The van der Waals surface area contributed by atoms with Gasteiger partial charge < -0.3 is 4.74 Å². The Kier molecular flexibility index (Phi) is 3.91. The molecule has 3 aromatic rings. The Morgan fingerprint density at radius 3 is 2.71 bits per heavy atom. The molecule has 0 unspecified atom stereocenters. The molecule has 0 spiro atoms. The number of nitrogens with zero attached hydrogens (tertiary/aromatic N) is 3. The number of fused-ring (bicyclic) bond motifs is 1. The Bertz CT molecular complexity index is 801. The number of rotatable bonds is 3. The molecule has 2 heterocycles. The summed E-state index contributed by atoms with van der Waals surface area (Å²) in [5, 5.41) is 3.87. The average molecular weight is 364 g/mol. The molecule has 0 saturated carbocycles. The predicted octanol–water partition coefficient (Wildman–Crippen LogP) is 4.65. The zero-order valence-electron chi connectivity index (χ0n) is 11.9. The van der Waals surface area contributed by atoms with Crippen molar-refractivity contribution in [1.82, 2.24) is 15.0 Å². The van der Waals surface area contributed by atoms with Gasteiger partial charge in [-0.25, -0.2) is 15.0 Å². The molecule has 6 heteroatoms. The smallest absolute Gasteiger partial charge is 0.189 e. The van der Waals surface area contributed by atoms with Crippen LogP contribution in [0.2, 0.25) is 0 Å². The summed E-state index contributed by atoms with van der Waals surface area (Å²) in [7, 11) is 1.64. The number of hydrogen-bond donors (Lipinski definition) is 0. The van der Waals surface area contributed by atoms with Gasteiger partial charge in [-0.2, -0.15) is 0 Å². The van der Waals surface area contributed by atoms with Crippen molar-refractivity contribution in [3.05, 3.63) is 33.9 Å². The summed E-state index contributed by atoms with van der Waals surface area (Å²) in [6.07, 6.45) is 1.82. The molecule has 2 aromatic heterocycles. The van der Waals surface area contributed by atoms with Crippen LogP contribution in [-0.2, 0) is 0 Å². The van der Waals surface area contributed by atoms with Gasteiger partial charge in [-0.15, -0.1) is 11.3 Å². The van der Waals surface area contributed by atoms with Crippen molar-refractivity contribution < 1.29 is 4.74 Å². The average Bonchev–Trinajstić information content (AvgIpc) is 2.97. The van der Waals surface area contributed by atoms with Gasteiger partial charge in [0.15, 0.2) is 10.8 Å². The molecule has 4 nitrogen and oxygen atoms in total. The summed E-state index contributed by atoms with van der Waals surface area (Å²) in [6.45, 7) is 4.25. The summed E-state index contributed by atoms with van der Waals surface area (Å²) in [5.41, 5.74) is 1.91. The quantitative estimate of drug-likeness (QED) is 0.679. The summed E-state index contributed by atoms with van der Waals surface area (Å²) < 4.78 is 6.15. The van der Waals surface area contributed by atoms with Crippen LogP contribution in [0.4, 0.5) is 0 Å². The standard InChI is InChI=1S/C15H14BrN3OS/c1-8(2)10-7-21-15(18-10)14-17-6-9-4-5-11(20-3)12(16)13(9)19-14/h4-8H,1-3H3. The Morgan fingerprint density at radius 1 is 1.24 bits per heavy atom. The molecule has 1 aromatic carbocycles. The number of hydrogen-bond acceptors (Lipinski definition) is 5. The second kappa shape index (κ2) is 5.69. The molecule has 0 aliphatic heterocycles. The minimum Gasteiger partial charge on any atom is -0.495 e. The van der Waals surface area contributed by atoms with E-state index in [1.165, 1.54) is 0 Å². The molecule has 0 atom stereocenters. The Hall–Kier alpha value is -1.53. The van der Waals surface area contributed by atoms with E-state index in [0.717, 1.165) is 31.8 Å². The number of halogens is 1. The number of benzene rings is 1. The van der Waals surface area contributed by atoms with E-state index in [0.29, 0.717) is 11.7 Å². The van der Waals surface area contributed by atoms with Gasteiger partial charge in [-0.3, -0.25) is 0 Å². The van der Waals surface area contributed by atoms with Gasteiger partial charge in [0.25, 0.3) is 0 Å². The first kappa shape index (κ1) is 14.4. The molecule has 0 bridgehead atoms. The Labute approximate surface area is 135 Å². The minimum atomic E-state index is 0.405. The van der Waals surface area contributed by atoms with Crippen molar-refractivity contribution in [2.24, 2.45) is 0 Å². The van der Waals surface area contributed by atoms with Crippen LogP contribution in [-0.4, -0.2) is 22.1 Å². The summed E-state index contributed by atoms with van der Waals surface area (Å²) in [5.74, 6) is 1.81. The molecule has 0 aliphatic carbocycles. The zero-order chi connectivity index (χ0) is 15.0. The van der Waals surface area contributed by atoms with Gasteiger partial charge >= 0.3 is 0 Å². The molecule has 0 fully saturated rings. The van der Waals surface area contributed by atoms with Gasteiger partial charge in [-0.1, -0.05) is 13.8 Å². The monoisotopic (exact) mass is 363 g/mol. The highest BCUT2D eigenvalue weighted by molar-refractivity contribution is 9.10. The molecular formula is C15H14BrN3OS. The number of aromatic nitrogens is 3. The normalized spacial score (nSPS) is 11.3. The number of methoxy groups -OCH3 is 1. The summed E-state index contributed by atoms with van der Waals surface area (Å²) >= 11 is 5.12. The second-order valence-corrected chi connectivity index (χ2v) is 6.60. The van der Waals surface area contributed by atoms with Crippen LogP contribution < -0.4 is 4.74 Å². The van der Waals surface area contributed by atoms with Crippen LogP contribution >= 0.6 is 27.3 Å². The fourth-order valence-corrected chi connectivity index (χ4v) is 3.49. The van der Waals surface area contributed by atoms with Crippen molar-refractivity contribution in [2.45, 2.75) is 19.8 Å². The highest BCUT2D eigenvalue weighted by atomic mass is 79.9. The van der Waals surface area contributed by atoms with E-state index < -0.39 is 0 Å². The van der Waals surface area contributed by atoms with Crippen LogP contribution in [0.3, 0.4) is 0 Å². The van der Waals surface area contributed by atoms with Gasteiger partial charge in [0.1, 0.15) is 5.75 Å². The van der Waals surface area contributed by atoms with E-state index in [4.69, 9.17) is 4.74 Å². The Morgan fingerprint density at radius 2 is 2.05 bits per heavy atom. The van der Waals surface area contributed by atoms with E-state index in [1.807, 2.05) is 18.3 Å². The van der Waals surface area contributed by atoms with E-state index >= 15 is 0 Å². The SMILES string of the molecule is COc1ccc2cnc(-c3nc(C(C)C)cs3)nc2c1Br. The number of thiazole rings is 1. The van der Waals surface area contributed by atoms with Crippen LogP contribution in [0, 0.1) is 0 Å². The highest BCUT2D eigenvalue weighted by Gasteiger charge is 2.13. The van der Waals surface area contributed by atoms with Gasteiger partial charge in [-0.05, 0) is 34.0 Å². The highest BCUT2D eigenvalue weighted by Crippen LogP contribution is 2.33. The van der Waals surface area contributed by atoms with Gasteiger partial charge in [0.05, 0.1) is 22.8 Å². The molecule has 3 rings (SSSR count). The third kappa shape index (κ3) is 2.65. The molecule has 0 N–H and O–H groups in total. The van der Waals surface area contributed by atoms with Crippen LogP contribution in [0.15, 0.2) is 28.2 Å². The second-order valence-electron chi connectivity index (χ2n) is 4.95. The maximum Gasteiger partial charge on any atom is 0.189 e. The molecule has 0 amide bonds. The zero-order valence-corrected chi connectivity index (χ0v) is 14.3. The van der Waals surface area contributed by atoms with Gasteiger partial charge in [0.2, 0.25) is 0 Å². The lowest BCUT2D eigenvalue weighted by molar-refractivity contribution is 0.413. The first-order valence-electron chi connectivity index (χ1n) is 6.55. The molecule has 108 valence electrons. The summed E-state index contributed by atoms with van der Waals surface area (Å²) in [6, 6.07) is 3.85. The van der Waals surface area contributed by atoms with E-state index in [9.17, 15) is 0 Å². The van der Waals surface area contributed by atoms with E-state index in [-0.39, 0.29) is 0 Å². The van der Waals surface area contributed by atoms with Crippen molar-refractivity contribution >= 4 is 38.2 Å². The minimum absolute atomic E-state index is 0.405. The van der Waals surface area contributed by atoms with Crippen LogP contribution in [0.25, 0.3) is 21.7 Å². The third-order valence-corrected chi connectivity index (χ3v) is 4.80. The van der Waals surface area contributed by atoms with E-state index in [2.05, 4.69) is 50.1 Å². The lowest BCUT2D eigenvalue weighted by Crippen LogP contribution is -1.93. The van der Waals surface area contributed by atoms with Crippen LogP contribution in [0.1, 0.15) is 25.5 Å². The third-order valence-electron chi connectivity index (χ3n) is 3.18. The molecule has 0 aliphatic rings. The van der Waals surface area contributed by atoms with E-state index in [1.54, 1.807) is 18.4 Å². The van der Waals surface area contributed by atoms with Crippen molar-refractivity contribution in [1.29, 1.82) is 0 Å². The summed E-state index contributed by atoms with van der Waals surface area (Å²) in [4.78, 5) is 13.7. The lowest BCUT2D eigenvalue weighted by Gasteiger charge is -2.06. The first-order chi connectivity index (χ1) is 10.1.